The molecule has 1 rings (SSSR count). The summed E-state index contributed by atoms with van der Waals surface area (Å²) in [5.41, 5.74) is 5.28. The van der Waals surface area contributed by atoms with Gasteiger partial charge in [0.2, 0.25) is 0 Å². The minimum absolute atomic E-state index is 0. The highest BCUT2D eigenvalue weighted by atomic mass is 35.5. The Morgan fingerprint density at radius 2 is 2.00 bits per heavy atom. The van der Waals surface area contributed by atoms with Crippen molar-refractivity contribution in [2.24, 2.45) is 0 Å². The van der Waals surface area contributed by atoms with Gasteiger partial charge in [-0.05, 0) is 18.2 Å². The number of nitrogens with two attached hydrogens (primary N) is 1. The van der Waals surface area contributed by atoms with E-state index in [0.29, 0.717) is 5.02 Å². The second-order valence-corrected chi connectivity index (χ2v) is 2.10. The van der Waals surface area contributed by atoms with Gasteiger partial charge in [-0.3, -0.25) is 0 Å². The second kappa shape index (κ2) is 3.64. The average molecular weight is 182 g/mol. The fourth-order valence-electron chi connectivity index (χ4n) is 0.502. The lowest BCUT2D eigenvalue weighted by molar-refractivity contribution is 0.632. The SMILES string of the molecule is Cl.Nc1ccc(Cl)cc1F. The summed E-state index contributed by atoms with van der Waals surface area (Å²) < 4.78 is 12.4. The number of anilines is 1. The molecular weight excluding hydrogens is 176 g/mol. The predicted octanol–water partition coefficient (Wildman–Crippen LogP) is 2.48. The Balaban J connectivity index is 0.000000810. The van der Waals surface area contributed by atoms with E-state index in [9.17, 15) is 4.39 Å². The maximum atomic E-state index is 12.4. The average Bonchev–Trinajstić information content (AvgIpc) is 1.80. The molecule has 0 aliphatic rings. The van der Waals surface area contributed by atoms with Gasteiger partial charge in [-0.1, -0.05) is 11.6 Å². The minimum Gasteiger partial charge on any atom is -0.396 e. The minimum atomic E-state index is -0.470. The van der Waals surface area contributed by atoms with Crippen LogP contribution < -0.4 is 5.73 Å². The van der Waals surface area contributed by atoms with Gasteiger partial charge in [-0.15, -0.1) is 12.4 Å². The van der Waals surface area contributed by atoms with Gasteiger partial charge in [-0.25, -0.2) is 4.39 Å². The summed E-state index contributed by atoms with van der Waals surface area (Å²) >= 11 is 5.42. The third-order valence-corrected chi connectivity index (χ3v) is 1.20. The number of rotatable bonds is 0. The van der Waals surface area contributed by atoms with Crippen LogP contribution in [0.2, 0.25) is 5.02 Å². The van der Waals surface area contributed by atoms with Crippen molar-refractivity contribution in [2.45, 2.75) is 0 Å². The lowest BCUT2D eigenvalue weighted by atomic mass is 10.3. The molecule has 0 atom stereocenters. The van der Waals surface area contributed by atoms with Crippen molar-refractivity contribution >= 4 is 29.7 Å². The molecule has 0 saturated carbocycles. The third kappa shape index (κ3) is 2.05. The first kappa shape index (κ1) is 9.53. The molecule has 0 amide bonds. The van der Waals surface area contributed by atoms with Gasteiger partial charge in [0, 0.05) is 5.02 Å². The molecular formula is C6H6Cl2FN. The van der Waals surface area contributed by atoms with Gasteiger partial charge in [-0.2, -0.15) is 0 Å². The Labute approximate surface area is 69.4 Å². The molecule has 56 valence electrons. The highest BCUT2D eigenvalue weighted by Crippen LogP contribution is 2.15. The molecule has 0 aliphatic carbocycles. The van der Waals surface area contributed by atoms with Crippen molar-refractivity contribution in [1.29, 1.82) is 0 Å². The van der Waals surface area contributed by atoms with Gasteiger partial charge in [0.25, 0.3) is 0 Å². The fourth-order valence-corrected chi connectivity index (χ4v) is 0.660. The third-order valence-electron chi connectivity index (χ3n) is 0.962. The number of nitrogen functional groups attached to an aromatic ring is 1. The highest BCUT2D eigenvalue weighted by molar-refractivity contribution is 6.30. The van der Waals surface area contributed by atoms with Gasteiger partial charge in [0.1, 0.15) is 5.82 Å². The summed E-state index contributed by atoms with van der Waals surface area (Å²) in [7, 11) is 0. The van der Waals surface area contributed by atoms with Crippen molar-refractivity contribution in [3.63, 3.8) is 0 Å². The molecule has 1 nitrogen and oxygen atoms in total. The normalized spacial score (nSPS) is 8.60. The van der Waals surface area contributed by atoms with Crippen LogP contribution in [0.3, 0.4) is 0 Å². The zero-order valence-corrected chi connectivity index (χ0v) is 6.55. The van der Waals surface area contributed by atoms with Crippen LogP contribution in [0.1, 0.15) is 0 Å². The Morgan fingerprint density at radius 1 is 1.40 bits per heavy atom. The summed E-state index contributed by atoms with van der Waals surface area (Å²) in [6.45, 7) is 0. The van der Waals surface area contributed by atoms with Crippen molar-refractivity contribution in [2.75, 3.05) is 5.73 Å². The first-order valence-corrected chi connectivity index (χ1v) is 2.78. The van der Waals surface area contributed by atoms with Crippen molar-refractivity contribution in [3.05, 3.63) is 29.0 Å². The summed E-state index contributed by atoms with van der Waals surface area (Å²) in [4.78, 5) is 0. The molecule has 0 fully saturated rings. The van der Waals surface area contributed by atoms with E-state index in [-0.39, 0.29) is 18.1 Å². The predicted molar refractivity (Wildman–Crippen MR) is 43.1 cm³/mol. The van der Waals surface area contributed by atoms with E-state index in [2.05, 4.69) is 0 Å². The lowest BCUT2D eigenvalue weighted by Crippen LogP contribution is -1.88. The zero-order chi connectivity index (χ0) is 6.85. The van der Waals surface area contributed by atoms with Crippen LogP contribution in [0.15, 0.2) is 18.2 Å². The molecule has 0 unspecified atom stereocenters. The molecule has 0 spiro atoms. The van der Waals surface area contributed by atoms with E-state index < -0.39 is 5.82 Å². The van der Waals surface area contributed by atoms with Crippen LogP contribution in [0.5, 0.6) is 0 Å². The maximum Gasteiger partial charge on any atom is 0.147 e. The zero-order valence-electron chi connectivity index (χ0n) is 4.97. The first-order valence-electron chi connectivity index (χ1n) is 2.40. The standard InChI is InChI=1S/C6H5ClFN.ClH/c7-4-1-2-6(9)5(8)3-4;/h1-3H,9H2;1H. The van der Waals surface area contributed by atoms with E-state index in [1.807, 2.05) is 0 Å². The molecule has 0 radical (unpaired) electrons. The fraction of sp³-hybridized carbons (Fsp3) is 0. The van der Waals surface area contributed by atoms with Gasteiger partial charge in [0.05, 0.1) is 5.69 Å². The molecule has 4 heteroatoms. The van der Waals surface area contributed by atoms with Crippen LogP contribution in [-0.2, 0) is 0 Å². The Kier molecular flexibility index (Phi) is 3.47. The Bertz CT molecular complexity index is 227. The quantitative estimate of drug-likeness (QED) is 0.612. The van der Waals surface area contributed by atoms with E-state index in [4.69, 9.17) is 17.3 Å². The number of benzene rings is 1. The molecule has 0 bridgehead atoms. The molecule has 1 aromatic rings. The van der Waals surface area contributed by atoms with Crippen molar-refractivity contribution < 1.29 is 4.39 Å². The van der Waals surface area contributed by atoms with E-state index >= 15 is 0 Å². The Hall–Kier alpha value is -0.470. The van der Waals surface area contributed by atoms with Crippen LogP contribution in [-0.4, -0.2) is 0 Å². The summed E-state index contributed by atoms with van der Waals surface area (Å²) in [5.74, 6) is -0.470. The topological polar surface area (TPSA) is 26.0 Å². The maximum absolute atomic E-state index is 12.4. The molecule has 0 aliphatic heterocycles. The smallest absolute Gasteiger partial charge is 0.147 e. The van der Waals surface area contributed by atoms with Gasteiger partial charge >= 0.3 is 0 Å². The Morgan fingerprint density at radius 3 is 2.40 bits per heavy atom. The monoisotopic (exact) mass is 181 g/mol. The van der Waals surface area contributed by atoms with Crippen LogP contribution >= 0.6 is 24.0 Å². The number of hydrogen-bond acceptors (Lipinski definition) is 1. The summed E-state index contributed by atoms with van der Waals surface area (Å²) in [5, 5.41) is 0.363. The largest absolute Gasteiger partial charge is 0.396 e. The molecule has 0 aromatic heterocycles. The summed E-state index contributed by atoms with van der Waals surface area (Å²) in [6.07, 6.45) is 0. The number of halogens is 3. The molecule has 1 aromatic carbocycles. The van der Waals surface area contributed by atoms with Gasteiger partial charge in [0.15, 0.2) is 0 Å². The van der Waals surface area contributed by atoms with Crippen LogP contribution in [0.25, 0.3) is 0 Å². The molecule has 2 N–H and O–H groups in total. The summed E-state index contributed by atoms with van der Waals surface area (Å²) in [6, 6.07) is 4.15. The lowest BCUT2D eigenvalue weighted by Gasteiger charge is -1.93. The highest BCUT2D eigenvalue weighted by Gasteiger charge is 1.95. The van der Waals surface area contributed by atoms with E-state index in [1.165, 1.54) is 12.1 Å². The second-order valence-electron chi connectivity index (χ2n) is 1.67. The van der Waals surface area contributed by atoms with E-state index in [1.54, 1.807) is 6.07 Å². The van der Waals surface area contributed by atoms with Crippen LogP contribution in [0.4, 0.5) is 10.1 Å². The van der Waals surface area contributed by atoms with Crippen LogP contribution in [0, 0.1) is 5.82 Å². The first-order chi connectivity index (χ1) is 4.20. The van der Waals surface area contributed by atoms with Gasteiger partial charge < -0.3 is 5.73 Å². The molecule has 0 heterocycles. The molecule has 10 heavy (non-hydrogen) atoms. The molecule has 0 saturated heterocycles. The van der Waals surface area contributed by atoms with E-state index in [0.717, 1.165) is 0 Å². The van der Waals surface area contributed by atoms with Crippen molar-refractivity contribution in [1.82, 2.24) is 0 Å². The number of hydrogen-bond donors (Lipinski definition) is 1. The van der Waals surface area contributed by atoms with Crippen molar-refractivity contribution in [3.8, 4) is 0 Å².